The lowest BCUT2D eigenvalue weighted by Crippen LogP contribution is -2.50. The molecule has 2 aliphatic rings. The predicted octanol–water partition coefficient (Wildman–Crippen LogP) is 3.33. The lowest BCUT2D eigenvalue weighted by atomic mass is 10.1. The zero-order valence-corrected chi connectivity index (χ0v) is 20.1. The standard InChI is InChI=1S/C23H28ClFN4O3S/c1-17-14-18(28-8-2-3-9-28)4-7-22(17)26-23(30)16-27-10-12-29(13-11-27)33(31,32)19-5-6-21(25)20(24)15-19/h4-7,14-15H,2-3,8-13,16H2,1H3,(H,26,30). The van der Waals surface area contributed by atoms with E-state index in [1.807, 2.05) is 24.0 Å². The van der Waals surface area contributed by atoms with E-state index in [0.717, 1.165) is 36.5 Å². The average Bonchev–Trinajstić information content (AvgIpc) is 3.32. The third kappa shape index (κ3) is 5.48. The van der Waals surface area contributed by atoms with Crippen LogP contribution in [0.2, 0.25) is 5.02 Å². The van der Waals surface area contributed by atoms with Gasteiger partial charge in [-0.1, -0.05) is 11.6 Å². The Hall–Kier alpha value is -2.20. The van der Waals surface area contributed by atoms with Crippen LogP contribution in [0.5, 0.6) is 0 Å². The fraction of sp³-hybridized carbons (Fsp3) is 0.435. The van der Waals surface area contributed by atoms with Crippen molar-refractivity contribution in [3.05, 3.63) is 52.8 Å². The second-order valence-corrected chi connectivity index (χ2v) is 10.8. The van der Waals surface area contributed by atoms with Gasteiger partial charge < -0.3 is 10.2 Å². The van der Waals surface area contributed by atoms with E-state index in [-0.39, 0.29) is 35.5 Å². The Morgan fingerprint density at radius 2 is 1.73 bits per heavy atom. The summed E-state index contributed by atoms with van der Waals surface area (Å²) < 4.78 is 40.4. The Kier molecular flexibility index (Phi) is 7.23. The van der Waals surface area contributed by atoms with Crippen LogP contribution < -0.4 is 10.2 Å². The van der Waals surface area contributed by atoms with Crippen LogP contribution in [0.1, 0.15) is 18.4 Å². The number of rotatable bonds is 6. The number of carbonyl (C=O) groups excluding carboxylic acids is 1. The first-order valence-electron chi connectivity index (χ1n) is 11.1. The Bertz CT molecular complexity index is 1130. The second-order valence-electron chi connectivity index (χ2n) is 8.50. The van der Waals surface area contributed by atoms with Gasteiger partial charge in [0.2, 0.25) is 15.9 Å². The maximum atomic E-state index is 13.4. The molecule has 0 radical (unpaired) electrons. The molecule has 2 aromatic rings. The summed E-state index contributed by atoms with van der Waals surface area (Å²) in [6.07, 6.45) is 2.42. The number of amides is 1. The van der Waals surface area contributed by atoms with Gasteiger partial charge in [-0.3, -0.25) is 9.69 Å². The molecular formula is C23H28ClFN4O3S. The van der Waals surface area contributed by atoms with Gasteiger partial charge in [-0.2, -0.15) is 4.31 Å². The molecule has 2 fully saturated rings. The number of halogens is 2. The number of anilines is 2. The van der Waals surface area contributed by atoms with E-state index in [1.165, 1.54) is 28.9 Å². The van der Waals surface area contributed by atoms with E-state index in [4.69, 9.17) is 11.6 Å². The summed E-state index contributed by atoms with van der Waals surface area (Å²) in [6, 6.07) is 9.48. The zero-order valence-electron chi connectivity index (χ0n) is 18.6. The van der Waals surface area contributed by atoms with E-state index in [0.29, 0.717) is 13.1 Å². The van der Waals surface area contributed by atoms with Crippen LogP contribution in [0.15, 0.2) is 41.3 Å². The second kappa shape index (κ2) is 9.97. The SMILES string of the molecule is Cc1cc(N2CCCC2)ccc1NC(=O)CN1CCN(S(=O)(=O)c2ccc(F)c(Cl)c2)CC1. The molecule has 2 saturated heterocycles. The minimum absolute atomic E-state index is 0.0343. The first kappa shape index (κ1) is 23.9. The molecule has 0 spiro atoms. The van der Waals surface area contributed by atoms with Gasteiger partial charge in [0, 0.05) is 50.6 Å². The van der Waals surface area contributed by atoms with Crippen LogP contribution in [0, 0.1) is 12.7 Å². The van der Waals surface area contributed by atoms with E-state index >= 15 is 0 Å². The van der Waals surface area contributed by atoms with Crippen LogP contribution in [0.25, 0.3) is 0 Å². The van der Waals surface area contributed by atoms with Gasteiger partial charge in [-0.25, -0.2) is 12.8 Å². The number of benzene rings is 2. The van der Waals surface area contributed by atoms with Crippen LogP contribution >= 0.6 is 11.6 Å². The molecule has 2 aliphatic heterocycles. The molecule has 0 aromatic heterocycles. The molecule has 4 rings (SSSR count). The Morgan fingerprint density at radius 1 is 1.03 bits per heavy atom. The summed E-state index contributed by atoms with van der Waals surface area (Å²) >= 11 is 5.75. The van der Waals surface area contributed by atoms with Gasteiger partial charge in [0.1, 0.15) is 5.82 Å². The highest BCUT2D eigenvalue weighted by atomic mass is 35.5. The highest BCUT2D eigenvalue weighted by Gasteiger charge is 2.29. The van der Waals surface area contributed by atoms with Gasteiger partial charge in [0.05, 0.1) is 16.5 Å². The Labute approximate surface area is 199 Å². The number of hydrogen-bond donors (Lipinski definition) is 1. The van der Waals surface area contributed by atoms with Crippen molar-refractivity contribution in [1.29, 1.82) is 0 Å². The molecule has 1 N–H and O–H groups in total. The minimum atomic E-state index is -3.77. The highest BCUT2D eigenvalue weighted by molar-refractivity contribution is 7.89. The van der Waals surface area contributed by atoms with Gasteiger partial charge in [-0.15, -0.1) is 0 Å². The van der Waals surface area contributed by atoms with Crippen molar-refractivity contribution in [1.82, 2.24) is 9.21 Å². The normalized spacial score (nSPS) is 18.0. The topological polar surface area (TPSA) is 73.0 Å². The average molecular weight is 495 g/mol. The van der Waals surface area contributed by atoms with E-state index < -0.39 is 15.8 Å². The van der Waals surface area contributed by atoms with E-state index in [1.54, 1.807) is 0 Å². The van der Waals surface area contributed by atoms with Crippen molar-refractivity contribution in [2.24, 2.45) is 0 Å². The fourth-order valence-corrected chi connectivity index (χ4v) is 5.96. The molecule has 0 saturated carbocycles. The molecule has 2 heterocycles. The number of carbonyl (C=O) groups is 1. The maximum Gasteiger partial charge on any atom is 0.243 e. The first-order valence-corrected chi connectivity index (χ1v) is 12.9. The van der Waals surface area contributed by atoms with Gasteiger partial charge in [0.25, 0.3) is 0 Å². The number of aryl methyl sites for hydroxylation is 1. The van der Waals surface area contributed by atoms with Crippen LogP contribution in [0.3, 0.4) is 0 Å². The molecule has 0 atom stereocenters. The van der Waals surface area contributed by atoms with Crippen molar-refractivity contribution >= 4 is 38.9 Å². The number of sulfonamides is 1. The molecule has 1 amide bonds. The number of piperazine rings is 1. The van der Waals surface area contributed by atoms with Crippen molar-refractivity contribution in [3.8, 4) is 0 Å². The van der Waals surface area contributed by atoms with Gasteiger partial charge in [0.15, 0.2) is 0 Å². The Morgan fingerprint density at radius 3 is 2.36 bits per heavy atom. The smallest absolute Gasteiger partial charge is 0.243 e. The summed E-state index contributed by atoms with van der Waals surface area (Å²) in [5, 5.41) is 2.75. The van der Waals surface area contributed by atoms with Crippen LogP contribution in [-0.4, -0.2) is 69.3 Å². The molecule has 178 valence electrons. The zero-order chi connectivity index (χ0) is 23.6. The Balaban J connectivity index is 1.30. The van der Waals surface area contributed by atoms with Crippen molar-refractivity contribution in [2.75, 3.05) is 56.0 Å². The molecule has 0 unspecified atom stereocenters. The van der Waals surface area contributed by atoms with Crippen molar-refractivity contribution < 1.29 is 17.6 Å². The van der Waals surface area contributed by atoms with E-state index in [2.05, 4.69) is 16.3 Å². The number of nitrogens with zero attached hydrogens (tertiary/aromatic N) is 3. The van der Waals surface area contributed by atoms with Crippen LogP contribution in [-0.2, 0) is 14.8 Å². The quantitative estimate of drug-likeness (QED) is 0.667. The first-order chi connectivity index (χ1) is 15.7. The summed E-state index contributed by atoms with van der Waals surface area (Å²) in [6.45, 7) is 5.65. The molecule has 7 nitrogen and oxygen atoms in total. The predicted molar refractivity (Wildman–Crippen MR) is 128 cm³/mol. The molecule has 0 bridgehead atoms. The summed E-state index contributed by atoms with van der Waals surface area (Å²) in [5.41, 5.74) is 2.99. The largest absolute Gasteiger partial charge is 0.372 e. The van der Waals surface area contributed by atoms with Crippen molar-refractivity contribution in [3.63, 3.8) is 0 Å². The maximum absolute atomic E-state index is 13.4. The molecule has 2 aromatic carbocycles. The lowest BCUT2D eigenvalue weighted by Gasteiger charge is -2.33. The molecule has 33 heavy (non-hydrogen) atoms. The molecular weight excluding hydrogens is 467 g/mol. The molecule has 0 aliphatic carbocycles. The summed E-state index contributed by atoms with van der Waals surface area (Å²) in [7, 11) is -3.77. The number of hydrogen-bond acceptors (Lipinski definition) is 5. The lowest BCUT2D eigenvalue weighted by molar-refractivity contribution is -0.117. The van der Waals surface area contributed by atoms with Crippen LogP contribution in [0.4, 0.5) is 15.8 Å². The third-order valence-electron chi connectivity index (χ3n) is 6.18. The van der Waals surface area contributed by atoms with Gasteiger partial charge >= 0.3 is 0 Å². The third-order valence-corrected chi connectivity index (χ3v) is 8.37. The minimum Gasteiger partial charge on any atom is -0.372 e. The summed E-state index contributed by atoms with van der Waals surface area (Å²) in [5.74, 6) is -0.791. The van der Waals surface area contributed by atoms with E-state index in [9.17, 15) is 17.6 Å². The van der Waals surface area contributed by atoms with Crippen molar-refractivity contribution in [2.45, 2.75) is 24.7 Å². The molecule has 10 heteroatoms. The summed E-state index contributed by atoms with van der Waals surface area (Å²) in [4.78, 5) is 16.8. The fourth-order valence-electron chi connectivity index (χ4n) is 4.27. The number of nitrogens with one attached hydrogen (secondary N) is 1. The van der Waals surface area contributed by atoms with Gasteiger partial charge in [-0.05, 0) is 61.7 Å². The monoisotopic (exact) mass is 494 g/mol. The highest BCUT2D eigenvalue weighted by Crippen LogP contribution is 2.26.